The van der Waals surface area contributed by atoms with Gasteiger partial charge in [0.05, 0.1) is 23.6 Å². The van der Waals surface area contributed by atoms with Gasteiger partial charge in [-0.2, -0.15) is 13.2 Å². The Kier molecular flexibility index (Phi) is 10.8. The van der Waals surface area contributed by atoms with Gasteiger partial charge in [-0.05, 0) is 97.7 Å². The van der Waals surface area contributed by atoms with Crippen molar-refractivity contribution in [1.29, 1.82) is 0 Å². The monoisotopic (exact) mass is 671 g/mol. The predicted octanol–water partition coefficient (Wildman–Crippen LogP) is 6.43. The van der Waals surface area contributed by atoms with Crippen molar-refractivity contribution in [3.8, 4) is 23.5 Å². The first kappa shape index (κ1) is 36.3. The van der Waals surface area contributed by atoms with E-state index in [0.717, 1.165) is 10.8 Å². The smallest absolute Gasteiger partial charge is 0.416 e. The van der Waals surface area contributed by atoms with Gasteiger partial charge in [0.2, 0.25) is 5.91 Å². The largest absolute Gasteiger partial charge is 0.481 e. The number of aromatic nitrogens is 1. The summed E-state index contributed by atoms with van der Waals surface area (Å²) in [5, 5.41) is 12.3. The number of aliphatic carboxylic acids is 1. The molecule has 2 heterocycles. The van der Waals surface area contributed by atoms with Crippen LogP contribution in [0, 0.1) is 49.7 Å². The fraction of sp³-hybridized carbons (Fsp3) is 0.417. The third-order valence-electron chi connectivity index (χ3n) is 8.56. The number of aryl methyl sites for hydroxylation is 2. The number of carbonyl (C=O) groups excluding carboxylic acids is 1. The summed E-state index contributed by atoms with van der Waals surface area (Å²) in [6, 6.07) is 2.93. The normalized spacial score (nSPS) is 15.1. The van der Waals surface area contributed by atoms with Crippen LogP contribution in [0.4, 0.5) is 22.0 Å². The molecule has 2 unspecified atom stereocenters. The number of amides is 1. The summed E-state index contributed by atoms with van der Waals surface area (Å²) in [5.74, 6) is -1.77. The number of alkyl halides is 3. The SMILES string of the molecule is C#Cc1cc(-c2c(C)cc(F)cc2C)cc(C(CC(=O)O)NC(=O)C(CC(C)C)n2cc(CC3CN(C)C3)c(C(F)(F)F)cc2=O)c1F. The van der Waals surface area contributed by atoms with E-state index in [9.17, 15) is 37.1 Å². The van der Waals surface area contributed by atoms with Gasteiger partial charge >= 0.3 is 12.1 Å². The van der Waals surface area contributed by atoms with Crippen LogP contribution in [0.2, 0.25) is 0 Å². The summed E-state index contributed by atoms with van der Waals surface area (Å²) >= 11 is 0. The van der Waals surface area contributed by atoms with E-state index < -0.39 is 59.3 Å². The molecule has 1 amide bonds. The lowest BCUT2D eigenvalue weighted by atomic mass is 9.90. The van der Waals surface area contributed by atoms with E-state index in [1.165, 1.54) is 24.3 Å². The Labute approximate surface area is 275 Å². The third kappa shape index (κ3) is 8.13. The quantitative estimate of drug-likeness (QED) is 0.181. The van der Waals surface area contributed by atoms with Crippen LogP contribution >= 0.6 is 0 Å². The van der Waals surface area contributed by atoms with Crippen molar-refractivity contribution >= 4 is 11.9 Å². The number of carboxylic acids is 1. The van der Waals surface area contributed by atoms with Crippen LogP contribution in [0.3, 0.4) is 0 Å². The Morgan fingerprint density at radius 2 is 1.71 bits per heavy atom. The average molecular weight is 672 g/mol. The average Bonchev–Trinajstić information content (AvgIpc) is 2.94. The lowest BCUT2D eigenvalue weighted by Crippen LogP contribution is -2.45. The summed E-state index contributed by atoms with van der Waals surface area (Å²) in [6.45, 7) is 7.96. The number of hydrogen-bond donors (Lipinski definition) is 2. The molecule has 2 atom stereocenters. The van der Waals surface area contributed by atoms with Gasteiger partial charge in [0.15, 0.2) is 0 Å². The second-order valence-corrected chi connectivity index (χ2v) is 13.0. The minimum atomic E-state index is -4.80. The van der Waals surface area contributed by atoms with Gasteiger partial charge in [-0.3, -0.25) is 14.4 Å². The zero-order valence-electron chi connectivity index (χ0n) is 27.3. The van der Waals surface area contributed by atoms with Crippen LogP contribution in [-0.2, 0) is 22.2 Å². The van der Waals surface area contributed by atoms with Crippen LogP contribution < -0.4 is 10.9 Å². The second-order valence-electron chi connectivity index (χ2n) is 13.0. The van der Waals surface area contributed by atoms with E-state index in [1.807, 2.05) is 11.9 Å². The molecule has 4 rings (SSSR count). The zero-order valence-corrected chi connectivity index (χ0v) is 27.3. The molecular formula is C36H38F5N3O4. The maximum atomic E-state index is 15.9. The van der Waals surface area contributed by atoms with Gasteiger partial charge in [-0.15, -0.1) is 6.42 Å². The van der Waals surface area contributed by atoms with Crippen molar-refractivity contribution in [1.82, 2.24) is 14.8 Å². The highest BCUT2D eigenvalue weighted by Gasteiger charge is 2.37. The molecule has 0 radical (unpaired) electrons. The summed E-state index contributed by atoms with van der Waals surface area (Å²) in [5.41, 5.74) is -0.820. The van der Waals surface area contributed by atoms with Gasteiger partial charge in [-0.25, -0.2) is 8.78 Å². The molecule has 2 aromatic carbocycles. The topological polar surface area (TPSA) is 91.6 Å². The molecule has 2 N–H and O–H groups in total. The molecule has 1 fully saturated rings. The molecule has 1 aromatic heterocycles. The maximum absolute atomic E-state index is 15.9. The Hall–Kier alpha value is -4.50. The molecule has 0 spiro atoms. The predicted molar refractivity (Wildman–Crippen MR) is 171 cm³/mol. The molecule has 3 aromatic rings. The third-order valence-corrected chi connectivity index (χ3v) is 8.56. The number of nitrogens with one attached hydrogen (secondary N) is 1. The lowest BCUT2D eigenvalue weighted by Gasteiger charge is -2.37. The Bertz CT molecular complexity index is 1800. The first-order valence-electron chi connectivity index (χ1n) is 15.5. The number of nitrogens with zero attached hydrogens (tertiary/aromatic N) is 2. The van der Waals surface area contributed by atoms with Gasteiger partial charge in [0.1, 0.15) is 17.7 Å². The number of carbonyl (C=O) groups is 2. The van der Waals surface area contributed by atoms with E-state index in [0.29, 0.717) is 41.4 Å². The second kappa shape index (κ2) is 14.3. The number of rotatable bonds is 11. The molecule has 7 nitrogen and oxygen atoms in total. The van der Waals surface area contributed by atoms with Crippen LogP contribution in [-0.4, -0.2) is 46.6 Å². The fourth-order valence-corrected chi connectivity index (χ4v) is 6.52. The minimum absolute atomic E-state index is 0.00853. The van der Waals surface area contributed by atoms with E-state index in [4.69, 9.17) is 6.42 Å². The highest BCUT2D eigenvalue weighted by Crippen LogP contribution is 2.36. The first-order chi connectivity index (χ1) is 22.4. The molecule has 1 saturated heterocycles. The van der Waals surface area contributed by atoms with Crippen LogP contribution in [0.1, 0.15) is 72.2 Å². The fourth-order valence-electron chi connectivity index (χ4n) is 6.52. The molecule has 0 aliphatic carbocycles. The molecule has 48 heavy (non-hydrogen) atoms. The Morgan fingerprint density at radius 3 is 2.23 bits per heavy atom. The van der Waals surface area contributed by atoms with Crippen molar-refractivity contribution in [2.24, 2.45) is 11.8 Å². The van der Waals surface area contributed by atoms with Gasteiger partial charge in [0, 0.05) is 30.9 Å². The standard InChI is InChI=1S/C36H38F5N3O4/c1-7-23-12-24(33-20(4)9-26(37)10-21(33)5)13-27(34(23)38)29(15-32(46)47)42-35(48)30(8-19(2)3)44-18-25(11-22-16-43(6)17-22)28(14-31(44)45)36(39,40)41/h1,9-10,12-14,18-19,22,29-30H,8,11,15-17H2,2-6H3,(H,42,48)(H,46,47). The van der Waals surface area contributed by atoms with Gasteiger partial charge in [0.25, 0.3) is 5.56 Å². The Morgan fingerprint density at radius 1 is 1.08 bits per heavy atom. The Balaban J connectivity index is 1.81. The van der Waals surface area contributed by atoms with Crippen molar-refractivity contribution in [3.05, 3.63) is 91.9 Å². The van der Waals surface area contributed by atoms with Crippen LogP contribution in [0.15, 0.2) is 41.3 Å². The maximum Gasteiger partial charge on any atom is 0.416 e. The molecule has 12 heteroatoms. The van der Waals surface area contributed by atoms with Crippen molar-refractivity contribution in [2.75, 3.05) is 20.1 Å². The number of likely N-dealkylation sites (tertiary alicyclic amines) is 1. The van der Waals surface area contributed by atoms with E-state index in [2.05, 4.69) is 11.2 Å². The van der Waals surface area contributed by atoms with Crippen LogP contribution in [0.5, 0.6) is 0 Å². The van der Waals surface area contributed by atoms with Crippen LogP contribution in [0.25, 0.3) is 11.1 Å². The van der Waals surface area contributed by atoms with Crippen molar-refractivity contribution in [2.45, 2.75) is 65.2 Å². The molecule has 1 aliphatic heterocycles. The number of halogens is 5. The summed E-state index contributed by atoms with van der Waals surface area (Å²) in [6.07, 6.45) is 1.13. The highest BCUT2D eigenvalue weighted by atomic mass is 19.4. The van der Waals surface area contributed by atoms with Crippen molar-refractivity contribution < 1.29 is 36.6 Å². The molecular weight excluding hydrogens is 633 g/mol. The number of pyridine rings is 1. The molecule has 1 aliphatic rings. The van der Waals surface area contributed by atoms with Gasteiger partial charge in [-0.1, -0.05) is 19.8 Å². The molecule has 256 valence electrons. The van der Waals surface area contributed by atoms with E-state index >= 15 is 4.39 Å². The summed E-state index contributed by atoms with van der Waals surface area (Å²) in [4.78, 5) is 41.2. The minimum Gasteiger partial charge on any atom is -0.481 e. The number of benzene rings is 2. The number of hydrogen-bond acceptors (Lipinski definition) is 4. The lowest BCUT2D eigenvalue weighted by molar-refractivity contribution is -0.139. The van der Waals surface area contributed by atoms with Crippen molar-refractivity contribution in [3.63, 3.8) is 0 Å². The van der Waals surface area contributed by atoms with E-state index in [1.54, 1.807) is 27.7 Å². The molecule has 0 bridgehead atoms. The first-order valence-corrected chi connectivity index (χ1v) is 15.5. The number of carboxylic acid groups (broad SMARTS) is 1. The van der Waals surface area contributed by atoms with E-state index in [-0.39, 0.29) is 41.4 Å². The summed E-state index contributed by atoms with van der Waals surface area (Å²) in [7, 11) is 1.84. The highest BCUT2D eigenvalue weighted by molar-refractivity contribution is 5.82. The molecule has 0 saturated carbocycles. The van der Waals surface area contributed by atoms with Gasteiger partial charge < -0.3 is 19.9 Å². The zero-order chi connectivity index (χ0) is 35.7. The summed E-state index contributed by atoms with van der Waals surface area (Å²) < 4.78 is 73.0. The number of terminal acetylenes is 1.